The smallest absolute Gasteiger partial charge is 0.247 e. The first-order chi connectivity index (χ1) is 16.4. The molecule has 0 saturated heterocycles. The average Bonchev–Trinajstić information content (AvgIpc) is 3.22. The minimum atomic E-state index is -1.02. The van der Waals surface area contributed by atoms with Crippen LogP contribution in [0.5, 0.6) is 5.75 Å². The minimum absolute atomic E-state index is 0.0815. The van der Waals surface area contributed by atoms with Crippen LogP contribution in [0.3, 0.4) is 0 Å². The molecule has 1 heterocycles. The lowest BCUT2D eigenvalue weighted by Gasteiger charge is -2.40. The van der Waals surface area contributed by atoms with E-state index in [0.717, 1.165) is 5.56 Å². The zero-order valence-electron chi connectivity index (χ0n) is 20.0. The van der Waals surface area contributed by atoms with Gasteiger partial charge in [-0.2, -0.15) is 0 Å². The highest BCUT2D eigenvalue weighted by Crippen LogP contribution is 2.47. The first-order valence-corrected chi connectivity index (χ1v) is 11.9. The van der Waals surface area contributed by atoms with Crippen LogP contribution in [0.1, 0.15) is 44.6 Å². The Balaban J connectivity index is 1.94. The van der Waals surface area contributed by atoms with Crippen LogP contribution in [0.15, 0.2) is 48.6 Å². The van der Waals surface area contributed by atoms with Gasteiger partial charge in [0, 0.05) is 37.3 Å². The van der Waals surface area contributed by atoms with Crippen LogP contribution < -0.4 is 10.1 Å². The van der Waals surface area contributed by atoms with Gasteiger partial charge in [0.05, 0.1) is 24.7 Å². The number of hydrogen-bond donors (Lipinski definition) is 3. The number of carbonyl (C=O) groups excluding carboxylic acids is 2. The van der Waals surface area contributed by atoms with E-state index >= 15 is 0 Å². The summed E-state index contributed by atoms with van der Waals surface area (Å²) in [7, 11) is 0. The van der Waals surface area contributed by atoms with E-state index < -0.39 is 24.2 Å². The van der Waals surface area contributed by atoms with Crippen LogP contribution in [0, 0.1) is 0 Å². The van der Waals surface area contributed by atoms with Crippen LogP contribution in [-0.4, -0.2) is 77.6 Å². The zero-order valence-corrected chi connectivity index (χ0v) is 20.0. The monoisotopic (exact) mass is 472 g/mol. The Hall–Kier alpha value is -2.68. The van der Waals surface area contributed by atoms with E-state index in [1.54, 1.807) is 17.1 Å². The molecule has 8 nitrogen and oxygen atoms in total. The molecule has 1 aliphatic carbocycles. The molecule has 1 aliphatic heterocycles. The number of hydrogen-bond acceptors (Lipinski definition) is 6. The number of aliphatic hydroxyl groups is 2. The van der Waals surface area contributed by atoms with Crippen molar-refractivity contribution < 1.29 is 29.3 Å². The van der Waals surface area contributed by atoms with Crippen molar-refractivity contribution in [2.75, 3.05) is 26.3 Å². The molecular weight excluding hydrogens is 436 g/mol. The van der Waals surface area contributed by atoms with Crippen LogP contribution in [0.4, 0.5) is 0 Å². The number of nitrogens with one attached hydrogen (secondary N) is 1. The van der Waals surface area contributed by atoms with E-state index in [2.05, 4.69) is 11.9 Å². The van der Waals surface area contributed by atoms with Gasteiger partial charge in [-0.25, -0.2) is 0 Å². The molecule has 0 aromatic heterocycles. The normalized spacial score (nSPS) is 22.9. The van der Waals surface area contributed by atoms with Gasteiger partial charge in [-0.3, -0.25) is 9.59 Å². The number of rotatable bonds is 12. The SMILES string of the molecule is C=CCCC(=O)N(CCCOC(C)C)C1C=C(C(=O)NCCO)C2c3ccccc3OC2C1O. The van der Waals surface area contributed by atoms with Crippen molar-refractivity contribution in [2.24, 2.45) is 0 Å². The van der Waals surface area contributed by atoms with Gasteiger partial charge >= 0.3 is 0 Å². The number of carbonyl (C=O) groups is 2. The third-order valence-corrected chi connectivity index (χ3v) is 6.11. The van der Waals surface area contributed by atoms with E-state index in [9.17, 15) is 19.8 Å². The number of ether oxygens (including phenoxy) is 2. The maximum absolute atomic E-state index is 13.2. The zero-order chi connectivity index (χ0) is 24.7. The summed E-state index contributed by atoms with van der Waals surface area (Å²) < 4.78 is 11.7. The highest BCUT2D eigenvalue weighted by molar-refractivity contribution is 5.96. The second kappa shape index (κ2) is 12.1. The maximum atomic E-state index is 13.2. The molecule has 0 bridgehead atoms. The van der Waals surface area contributed by atoms with Gasteiger partial charge in [-0.15, -0.1) is 6.58 Å². The quantitative estimate of drug-likeness (QED) is 0.317. The maximum Gasteiger partial charge on any atom is 0.247 e. The molecule has 8 heteroatoms. The van der Waals surface area contributed by atoms with E-state index in [1.165, 1.54) is 0 Å². The lowest BCUT2D eigenvalue weighted by atomic mass is 9.77. The lowest BCUT2D eigenvalue weighted by molar-refractivity contribution is -0.137. The van der Waals surface area contributed by atoms with E-state index in [1.807, 2.05) is 38.1 Å². The Kier molecular flexibility index (Phi) is 9.27. The Bertz CT molecular complexity index is 899. The molecule has 1 aromatic rings. The largest absolute Gasteiger partial charge is 0.486 e. The van der Waals surface area contributed by atoms with Gasteiger partial charge in [0.2, 0.25) is 11.8 Å². The second-order valence-corrected chi connectivity index (χ2v) is 8.87. The molecule has 0 radical (unpaired) electrons. The van der Waals surface area contributed by atoms with Crippen molar-refractivity contribution in [3.8, 4) is 5.75 Å². The first kappa shape index (κ1) is 25.9. The Morgan fingerprint density at radius 3 is 2.79 bits per heavy atom. The standard InChI is InChI=1S/C26H36N2O6/c1-4-5-11-22(30)28(13-8-15-33-17(2)3)20-16-19(26(32)27-12-14-29)23-18-9-6-7-10-21(18)34-25(23)24(20)31/h4,6-7,9-10,16-17,20,23-25,29,31H,1,5,8,11-15H2,2-3H3,(H,27,32). The number of benzene rings is 1. The molecular formula is C26H36N2O6. The van der Waals surface area contributed by atoms with Crippen molar-refractivity contribution in [1.82, 2.24) is 10.2 Å². The molecule has 3 N–H and O–H groups in total. The molecule has 2 aliphatic rings. The van der Waals surface area contributed by atoms with Crippen LogP contribution in [0.25, 0.3) is 0 Å². The van der Waals surface area contributed by atoms with Crippen LogP contribution >= 0.6 is 0 Å². The molecule has 1 aromatic carbocycles. The Morgan fingerprint density at radius 1 is 1.32 bits per heavy atom. The van der Waals surface area contributed by atoms with Crippen molar-refractivity contribution in [3.05, 3.63) is 54.1 Å². The Labute approximate surface area is 201 Å². The first-order valence-electron chi connectivity index (χ1n) is 11.9. The fourth-order valence-electron chi connectivity index (χ4n) is 4.55. The average molecular weight is 473 g/mol. The fourth-order valence-corrected chi connectivity index (χ4v) is 4.55. The van der Waals surface area contributed by atoms with E-state index in [0.29, 0.717) is 37.3 Å². The van der Waals surface area contributed by atoms with Gasteiger partial charge in [-0.1, -0.05) is 24.3 Å². The summed E-state index contributed by atoms with van der Waals surface area (Å²) in [4.78, 5) is 27.9. The summed E-state index contributed by atoms with van der Waals surface area (Å²) in [5, 5.41) is 23.3. The molecule has 4 atom stereocenters. The second-order valence-electron chi connectivity index (χ2n) is 8.87. The summed E-state index contributed by atoms with van der Waals surface area (Å²) in [5.74, 6) is -0.319. The number of aliphatic hydroxyl groups excluding tert-OH is 2. The van der Waals surface area contributed by atoms with Crippen LogP contribution in [-0.2, 0) is 14.3 Å². The molecule has 0 saturated carbocycles. The summed E-state index contributed by atoms with van der Waals surface area (Å²) in [6, 6.07) is 6.67. The van der Waals surface area contributed by atoms with Gasteiger partial charge in [0.1, 0.15) is 18.0 Å². The molecule has 2 amide bonds. The summed E-state index contributed by atoms with van der Waals surface area (Å²) in [6.07, 6.45) is 3.10. The molecule has 3 rings (SSSR count). The predicted molar refractivity (Wildman–Crippen MR) is 128 cm³/mol. The van der Waals surface area contributed by atoms with Crippen molar-refractivity contribution >= 4 is 11.8 Å². The molecule has 0 spiro atoms. The summed E-state index contributed by atoms with van der Waals surface area (Å²) >= 11 is 0. The lowest BCUT2D eigenvalue weighted by Crippen LogP contribution is -2.56. The predicted octanol–water partition coefficient (Wildman–Crippen LogP) is 1.92. The van der Waals surface area contributed by atoms with Crippen molar-refractivity contribution in [2.45, 2.75) is 63.4 Å². The third kappa shape index (κ3) is 5.87. The molecule has 0 fully saturated rings. The van der Waals surface area contributed by atoms with E-state index in [-0.39, 0.29) is 37.5 Å². The van der Waals surface area contributed by atoms with Gasteiger partial charge in [0.15, 0.2) is 0 Å². The Morgan fingerprint density at radius 2 is 2.09 bits per heavy atom. The number of para-hydroxylation sites is 1. The van der Waals surface area contributed by atoms with Gasteiger partial charge in [-0.05, 0) is 38.8 Å². The molecule has 186 valence electrons. The highest BCUT2D eigenvalue weighted by Gasteiger charge is 2.50. The molecule has 34 heavy (non-hydrogen) atoms. The molecule has 4 unspecified atom stereocenters. The highest BCUT2D eigenvalue weighted by atomic mass is 16.5. The minimum Gasteiger partial charge on any atom is -0.486 e. The third-order valence-electron chi connectivity index (χ3n) is 6.11. The van der Waals surface area contributed by atoms with Crippen LogP contribution in [0.2, 0.25) is 0 Å². The van der Waals surface area contributed by atoms with Crippen molar-refractivity contribution in [1.29, 1.82) is 0 Å². The van der Waals surface area contributed by atoms with Crippen molar-refractivity contribution in [3.63, 3.8) is 0 Å². The van der Waals surface area contributed by atoms with E-state index in [4.69, 9.17) is 9.47 Å². The number of amides is 2. The van der Waals surface area contributed by atoms with Gasteiger partial charge in [0.25, 0.3) is 0 Å². The number of allylic oxidation sites excluding steroid dienone is 1. The number of nitrogens with zero attached hydrogens (tertiary/aromatic N) is 1. The number of fused-ring (bicyclic) bond motifs is 3. The van der Waals surface area contributed by atoms with Gasteiger partial charge < -0.3 is 29.9 Å². The summed E-state index contributed by atoms with van der Waals surface area (Å²) in [5.41, 5.74) is 1.25. The topological polar surface area (TPSA) is 108 Å². The fraction of sp³-hybridized carbons (Fsp3) is 0.538. The summed E-state index contributed by atoms with van der Waals surface area (Å²) in [6.45, 7) is 8.38.